The molecule has 1 saturated carbocycles. The van der Waals surface area contributed by atoms with Gasteiger partial charge in [0.2, 0.25) is 5.95 Å². The van der Waals surface area contributed by atoms with Crippen molar-refractivity contribution in [1.82, 2.24) is 9.97 Å². The highest BCUT2D eigenvalue weighted by Gasteiger charge is 2.18. The van der Waals surface area contributed by atoms with Gasteiger partial charge in [-0.15, -0.1) is 0 Å². The Kier molecular flexibility index (Phi) is 3.57. The van der Waals surface area contributed by atoms with Gasteiger partial charge in [0, 0.05) is 18.4 Å². The fourth-order valence-corrected chi connectivity index (χ4v) is 2.34. The van der Waals surface area contributed by atoms with E-state index in [1.165, 1.54) is 25.7 Å². The predicted molar refractivity (Wildman–Crippen MR) is 64.8 cm³/mol. The highest BCUT2D eigenvalue weighted by Crippen LogP contribution is 2.25. The fourth-order valence-electron chi connectivity index (χ4n) is 2.13. The molecule has 1 aromatic rings. The molecule has 1 aliphatic carbocycles. The van der Waals surface area contributed by atoms with Gasteiger partial charge in [-0.3, -0.25) is 0 Å². The molecule has 15 heavy (non-hydrogen) atoms. The zero-order chi connectivity index (χ0) is 10.7. The molecule has 0 amide bonds. The molecule has 2 unspecified atom stereocenters. The minimum atomic E-state index is 0.551. The van der Waals surface area contributed by atoms with Crippen molar-refractivity contribution in [2.75, 3.05) is 5.32 Å². The van der Waals surface area contributed by atoms with Crippen LogP contribution in [-0.4, -0.2) is 16.0 Å². The number of hydrogen-bond donors (Lipinski definition) is 1. The standard InChI is InChI=1S/C11H16BrN3/c1-8-3-2-4-10(5-8)15-11-13-6-9(12)7-14-11/h6-8,10H,2-5H2,1H3,(H,13,14,15). The Bertz CT molecular complexity index is 312. The Balaban J connectivity index is 1.93. The van der Waals surface area contributed by atoms with Gasteiger partial charge < -0.3 is 5.32 Å². The summed E-state index contributed by atoms with van der Waals surface area (Å²) in [5.41, 5.74) is 0. The fraction of sp³-hybridized carbons (Fsp3) is 0.636. The summed E-state index contributed by atoms with van der Waals surface area (Å²) in [7, 11) is 0. The van der Waals surface area contributed by atoms with E-state index in [1.807, 2.05) is 0 Å². The van der Waals surface area contributed by atoms with Gasteiger partial charge in [-0.2, -0.15) is 0 Å². The molecule has 4 heteroatoms. The monoisotopic (exact) mass is 269 g/mol. The smallest absolute Gasteiger partial charge is 0.222 e. The lowest BCUT2D eigenvalue weighted by atomic mass is 9.87. The van der Waals surface area contributed by atoms with Crippen LogP contribution in [0.25, 0.3) is 0 Å². The maximum atomic E-state index is 4.23. The minimum absolute atomic E-state index is 0.551. The van der Waals surface area contributed by atoms with Crippen LogP contribution in [0.1, 0.15) is 32.6 Å². The Hall–Kier alpha value is -0.640. The van der Waals surface area contributed by atoms with E-state index in [1.54, 1.807) is 12.4 Å². The molecule has 1 aliphatic rings. The van der Waals surface area contributed by atoms with Crippen LogP contribution in [0.15, 0.2) is 16.9 Å². The second kappa shape index (κ2) is 4.92. The molecular formula is C11H16BrN3. The van der Waals surface area contributed by atoms with Gasteiger partial charge in [-0.1, -0.05) is 19.8 Å². The average molecular weight is 270 g/mol. The third-order valence-electron chi connectivity index (χ3n) is 2.89. The molecule has 0 spiro atoms. The summed E-state index contributed by atoms with van der Waals surface area (Å²) in [6.45, 7) is 2.32. The van der Waals surface area contributed by atoms with Crippen molar-refractivity contribution in [2.24, 2.45) is 5.92 Å². The maximum absolute atomic E-state index is 4.23. The molecule has 82 valence electrons. The van der Waals surface area contributed by atoms with Crippen LogP contribution in [0.4, 0.5) is 5.95 Å². The van der Waals surface area contributed by atoms with Gasteiger partial charge in [-0.25, -0.2) is 9.97 Å². The molecule has 2 rings (SSSR count). The average Bonchev–Trinajstić information content (AvgIpc) is 2.22. The molecule has 0 aromatic carbocycles. The zero-order valence-corrected chi connectivity index (χ0v) is 10.5. The van der Waals surface area contributed by atoms with E-state index in [0.717, 1.165) is 16.3 Å². The van der Waals surface area contributed by atoms with E-state index in [2.05, 4.69) is 38.1 Å². The van der Waals surface area contributed by atoms with Gasteiger partial charge in [0.25, 0.3) is 0 Å². The first-order valence-electron chi connectivity index (χ1n) is 5.48. The summed E-state index contributed by atoms with van der Waals surface area (Å²) in [5, 5.41) is 3.40. The SMILES string of the molecule is CC1CCCC(Nc2ncc(Br)cn2)C1. The first-order chi connectivity index (χ1) is 7.24. The highest BCUT2D eigenvalue weighted by atomic mass is 79.9. The zero-order valence-electron chi connectivity index (χ0n) is 8.91. The molecule has 0 aliphatic heterocycles. The van der Waals surface area contributed by atoms with Crippen LogP contribution in [0.2, 0.25) is 0 Å². The summed E-state index contributed by atoms with van der Waals surface area (Å²) in [6.07, 6.45) is 8.71. The molecule has 0 bridgehead atoms. The van der Waals surface area contributed by atoms with Crippen LogP contribution in [-0.2, 0) is 0 Å². The molecular weight excluding hydrogens is 254 g/mol. The number of nitrogens with one attached hydrogen (secondary N) is 1. The summed E-state index contributed by atoms with van der Waals surface area (Å²) in [4.78, 5) is 8.46. The van der Waals surface area contributed by atoms with E-state index in [0.29, 0.717) is 6.04 Å². The first kappa shape index (κ1) is 10.9. The van der Waals surface area contributed by atoms with E-state index < -0.39 is 0 Å². The van der Waals surface area contributed by atoms with Crippen LogP contribution < -0.4 is 5.32 Å². The summed E-state index contributed by atoms with van der Waals surface area (Å²) in [6, 6.07) is 0.551. The van der Waals surface area contributed by atoms with Crippen LogP contribution >= 0.6 is 15.9 Å². The number of halogens is 1. The van der Waals surface area contributed by atoms with E-state index >= 15 is 0 Å². The van der Waals surface area contributed by atoms with Gasteiger partial charge in [-0.05, 0) is 34.7 Å². The number of rotatable bonds is 2. The van der Waals surface area contributed by atoms with E-state index in [4.69, 9.17) is 0 Å². The Morgan fingerprint density at radius 1 is 1.33 bits per heavy atom. The number of aromatic nitrogens is 2. The minimum Gasteiger partial charge on any atom is -0.351 e. The van der Waals surface area contributed by atoms with Crippen LogP contribution in [0.3, 0.4) is 0 Å². The van der Waals surface area contributed by atoms with Gasteiger partial charge in [0.05, 0.1) is 4.47 Å². The Labute approximate surface area is 98.8 Å². The molecule has 0 saturated heterocycles. The molecule has 1 N–H and O–H groups in total. The molecule has 1 aromatic heterocycles. The summed E-state index contributed by atoms with van der Waals surface area (Å²) in [5.74, 6) is 1.57. The van der Waals surface area contributed by atoms with Gasteiger partial charge in [0.1, 0.15) is 0 Å². The van der Waals surface area contributed by atoms with Crippen molar-refractivity contribution in [1.29, 1.82) is 0 Å². The second-order valence-corrected chi connectivity index (χ2v) is 5.25. The second-order valence-electron chi connectivity index (χ2n) is 4.34. The first-order valence-corrected chi connectivity index (χ1v) is 6.27. The van der Waals surface area contributed by atoms with Crippen molar-refractivity contribution in [3.05, 3.63) is 16.9 Å². The topological polar surface area (TPSA) is 37.8 Å². The number of nitrogens with zero attached hydrogens (tertiary/aromatic N) is 2. The van der Waals surface area contributed by atoms with Crippen molar-refractivity contribution in [2.45, 2.75) is 38.6 Å². The molecule has 2 atom stereocenters. The largest absolute Gasteiger partial charge is 0.351 e. The predicted octanol–water partition coefficient (Wildman–Crippen LogP) is 3.23. The quantitative estimate of drug-likeness (QED) is 0.896. The molecule has 0 radical (unpaired) electrons. The van der Waals surface area contributed by atoms with Gasteiger partial charge >= 0.3 is 0 Å². The Morgan fingerprint density at radius 3 is 2.73 bits per heavy atom. The highest BCUT2D eigenvalue weighted by molar-refractivity contribution is 9.10. The van der Waals surface area contributed by atoms with E-state index in [9.17, 15) is 0 Å². The summed E-state index contributed by atoms with van der Waals surface area (Å²) < 4.78 is 0.921. The Morgan fingerprint density at radius 2 is 2.07 bits per heavy atom. The normalized spacial score (nSPS) is 26.3. The summed E-state index contributed by atoms with van der Waals surface area (Å²) >= 11 is 3.33. The lowest BCUT2D eigenvalue weighted by molar-refractivity contribution is 0.357. The molecule has 3 nitrogen and oxygen atoms in total. The van der Waals surface area contributed by atoms with Crippen molar-refractivity contribution in [3.63, 3.8) is 0 Å². The van der Waals surface area contributed by atoms with Gasteiger partial charge in [0.15, 0.2) is 0 Å². The van der Waals surface area contributed by atoms with E-state index in [-0.39, 0.29) is 0 Å². The van der Waals surface area contributed by atoms with Crippen LogP contribution in [0, 0.1) is 5.92 Å². The lowest BCUT2D eigenvalue weighted by Crippen LogP contribution is -2.27. The lowest BCUT2D eigenvalue weighted by Gasteiger charge is -2.27. The third kappa shape index (κ3) is 3.16. The number of hydrogen-bond acceptors (Lipinski definition) is 3. The molecule has 1 heterocycles. The van der Waals surface area contributed by atoms with Crippen molar-refractivity contribution in [3.8, 4) is 0 Å². The van der Waals surface area contributed by atoms with Crippen molar-refractivity contribution < 1.29 is 0 Å². The molecule has 1 fully saturated rings. The van der Waals surface area contributed by atoms with Crippen LogP contribution in [0.5, 0.6) is 0 Å². The van der Waals surface area contributed by atoms with Crippen molar-refractivity contribution >= 4 is 21.9 Å². The third-order valence-corrected chi connectivity index (χ3v) is 3.30. The number of anilines is 1. The maximum Gasteiger partial charge on any atom is 0.222 e.